The van der Waals surface area contributed by atoms with Gasteiger partial charge in [0, 0.05) is 44.3 Å². The molecule has 0 aliphatic carbocycles. The van der Waals surface area contributed by atoms with Crippen LogP contribution in [-0.4, -0.2) is 69.4 Å². The first-order chi connectivity index (χ1) is 13.6. The lowest BCUT2D eigenvalue weighted by atomic mass is 9.81. The maximum Gasteiger partial charge on any atom is 0.573 e. The third-order valence-corrected chi connectivity index (χ3v) is 8.15. The Hall–Kier alpha value is -1.36. The Morgan fingerprint density at radius 1 is 1.17 bits per heavy atom. The van der Waals surface area contributed by atoms with E-state index in [9.17, 15) is 21.6 Å². The maximum atomic E-state index is 13.0. The van der Waals surface area contributed by atoms with Gasteiger partial charge < -0.3 is 9.47 Å². The van der Waals surface area contributed by atoms with Gasteiger partial charge >= 0.3 is 6.36 Å². The Morgan fingerprint density at radius 3 is 2.48 bits per heavy atom. The molecule has 0 saturated carbocycles. The number of halogens is 3. The van der Waals surface area contributed by atoms with Crippen molar-refractivity contribution >= 4 is 10.0 Å². The normalized spacial score (nSPS) is 24.0. The highest BCUT2D eigenvalue weighted by atomic mass is 32.2. The minimum Gasteiger partial charge on any atom is -0.406 e. The molecule has 3 aliphatic heterocycles. The van der Waals surface area contributed by atoms with Crippen molar-refractivity contribution < 1.29 is 31.1 Å². The first kappa shape index (κ1) is 20.9. The molecule has 29 heavy (non-hydrogen) atoms. The predicted molar refractivity (Wildman–Crippen MR) is 99.1 cm³/mol. The monoisotopic (exact) mass is 434 g/mol. The molecule has 0 bridgehead atoms. The lowest BCUT2D eigenvalue weighted by Gasteiger charge is -2.47. The van der Waals surface area contributed by atoms with E-state index in [2.05, 4.69) is 9.64 Å². The van der Waals surface area contributed by atoms with Crippen molar-refractivity contribution in [2.45, 2.75) is 43.5 Å². The summed E-state index contributed by atoms with van der Waals surface area (Å²) < 4.78 is 73.8. The van der Waals surface area contributed by atoms with Gasteiger partial charge in [0.1, 0.15) is 5.75 Å². The van der Waals surface area contributed by atoms with E-state index in [1.807, 2.05) is 0 Å². The number of likely N-dealkylation sites (tertiary alicyclic amines) is 1. The Labute approximate surface area is 168 Å². The van der Waals surface area contributed by atoms with E-state index in [0.29, 0.717) is 19.1 Å². The van der Waals surface area contributed by atoms with E-state index in [0.717, 1.165) is 57.7 Å². The maximum absolute atomic E-state index is 13.0. The van der Waals surface area contributed by atoms with Crippen LogP contribution in [0.2, 0.25) is 0 Å². The van der Waals surface area contributed by atoms with Crippen molar-refractivity contribution in [2.75, 3.05) is 39.4 Å². The van der Waals surface area contributed by atoms with Gasteiger partial charge in [0.2, 0.25) is 10.0 Å². The van der Waals surface area contributed by atoms with Gasteiger partial charge in [-0.3, -0.25) is 4.90 Å². The van der Waals surface area contributed by atoms with Gasteiger partial charge in [0.15, 0.2) is 0 Å². The molecule has 1 spiro atoms. The molecule has 10 heteroatoms. The van der Waals surface area contributed by atoms with Gasteiger partial charge in [-0.05, 0) is 56.5 Å². The molecule has 0 unspecified atom stereocenters. The van der Waals surface area contributed by atoms with E-state index in [-0.39, 0.29) is 15.9 Å². The molecule has 4 rings (SSSR count). The molecule has 1 aromatic carbocycles. The minimum atomic E-state index is -4.81. The van der Waals surface area contributed by atoms with Gasteiger partial charge in [-0.1, -0.05) is 0 Å². The number of ether oxygens (including phenoxy) is 2. The van der Waals surface area contributed by atoms with Crippen molar-refractivity contribution in [3.63, 3.8) is 0 Å². The van der Waals surface area contributed by atoms with E-state index < -0.39 is 22.1 Å². The number of rotatable bonds is 4. The third kappa shape index (κ3) is 4.26. The van der Waals surface area contributed by atoms with Gasteiger partial charge in [0.25, 0.3) is 0 Å². The Morgan fingerprint density at radius 2 is 1.86 bits per heavy atom. The quantitative estimate of drug-likeness (QED) is 0.730. The highest BCUT2D eigenvalue weighted by molar-refractivity contribution is 7.89. The van der Waals surface area contributed by atoms with Crippen molar-refractivity contribution in [1.29, 1.82) is 0 Å². The van der Waals surface area contributed by atoms with E-state index in [4.69, 9.17) is 4.74 Å². The van der Waals surface area contributed by atoms with Gasteiger partial charge in [-0.15, -0.1) is 13.2 Å². The first-order valence-electron chi connectivity index (χ1n) is 9.76. The number of sulfonamides is 1. The molecule has 3 aliphatic rings. The van der Waals surface area contributed by atoms with E-state index >= 15 is 0 Å². The fourth-order valence-electron chi connectivity index (χ4n) is 4.71. The first-order valence-corrected chi connectivity index (χ1v) is 11.2. The highest BCUT2D eigenvalue weighted by Gasteiger charge is 2.52. The summed E-state index contributed by atoms with van der Waals surface area (Å²) in [5, 5.41) is 0. The van der Waals surface area contributed by atoms with Crippen molar-refractivity contribution in [3.05, 3.63) is 23.8 Å². The summed E-state index contributed by atoms with van der Waals surface area (Å²) in [6, 6.07) is 3.86. The van der Waals surface area contributed by atoms with Crippen LogP contribution in [0.5, 0.6) is 5.75 Å². The lowest BCUT2D eigenvalue weighted by Crippen LogP contribution is -2.59. The van der Waals surface area contributed by atoms with Crippen LogP contribution in [0.3, 0.4) is 0 Å². The summed E-state index contributed by atoms with van der Waals surface area (Å²) in [7, 11) is -3.74. The Kier molecular flexibility index (Phi) is 5.33. The summed E-state index contributed by atoms with van der Waals surface area (Å²) in [6.07, 6.45) is -1.81. The molecule has 0 atom stereocenters. The molecule has 3 heterocycles. The Balaban J connectivity index is 1.41. The zero-order valence-electron chi connectivity index (χ0n) is 16.2. The smallest absolute Gasteiger partial charge is 0.406 e. The summed E-state index contributed by atoms with van der Waals surface area (Å²) in [4.78, 5) is 2.49. The number of nitrogens with zero attached hydrogens (tertiary/aromatic N) is 2. The number of hydrogen-bond donors (Lipinski definition) is 0. The van der Waals surface area contributed by atoms with Crippen LogP contribution < -0.4 is 4.74 Å². The van der Waals surface area contributed by atoms with Crippen molar-refractivity contribution in [2.24, 2.45) is 5.41 Å². The average molecular weight is 434 g/mol. The zero-order chi connectivity index (χ0) is 20.9. The number of hydrogen-bond acceptors (Lipinski definition) is 5. The standard InChI is InChI=1S/C19H25F3N2O4S/c1-14-10-16(28-19(20,21)22)2-3-17(14)29(25,26)24-12-18(13-24)6-7-23(11-18)15-4-8-27-9-5-15/h2-3,10,15H,4-9,11-13H2,1H3. The number of aryl methyl sites for hydroxylation is 1. The summed E-state index contributed by atoms with van der Waals surface area (Å²) in [5.74, 6) is -0.420. The van der Waals surface area contributed by atoms with Crippen molar-refractivity contribution in [3.8, 4) is 5.75 Å². The molecule has 0 amide bonds. The van der Waals surface area contributed by atoms with Crippen LogP contribution in [0.25, 0.3) is 0 Å². The van der Waals surface area contributed by atoms with Crippen molar-refractivity contribution in [1.82, 2.24) is 9.21 Å². The second-order valence-corrected chi connectivity index (χ2v) is 10.2. The molecule has 1 aromatic rings. The van der Waals surface area contributed by atoms with Gasteiger partial charge in [-0.2, -0.15) is 4.31 Å². The van der Waals surface area contributed by atoms with Crippen LogP contribution in [0.4, 0.5) is 13.2 Å². The average Bonchev–Trinajstić information content (AvgIpc) is 3.05. The topological polar surface area (TPSA) is 59.1 Å². The van der Waals surface area contributed by atoms with Crippen LogP contribution in [-0.2, 0) is 14.8 Å². The Bertz CT molecular complexity index is 863. The SMILES string of the molecule is Cc1cc(OC(F)(F)F)ccc1S(=O)(=O)N1CC2(CCN(C3CCOCC3)C2)C1. The highest BCUT2D eigenvalue weighted by Crippen LogP contribution is 2.44. The van der Waals surface area contributed by atoms with E-state index in [1.54, 1.807) is 0 Å². The molecule has 3 saturated heterocycles. The predicted octanol–water partition coefficient (Wildman–Crippen LogP) is 2.77. The molecule has 0 radical (unpaired) electrons. The molecular weight excluding hydrogens is 409 g/mol. The summed E-state index contributed by atoms with van der Waals surface area (Å²) in [6.45, 7) is 5.81. The van der Waals surface area contributed by atoms with Crippen LogP contribution in [0, 0.1) is 12.3 Å². The van der Waals surface area contributed by atoms with Crippen LogP contribution in [0.1, 0.15) is 24.8 Å². The molecule has 0 N–H and O–H groups in total. The number of benzene rings is 1. The lowest BCUT2D eigenvalue weighted by molar-refractivity contribution is -0.274. The van der Waals surface area contributed by atoms with Crippen LogP contribution >= 0.6 is 0 Å². The molecule has 0 aromatic heterocycles. The third-order valence-electron chi connectivity index (χ3n) is 6.20. The van der Waals surface area contributed by atoms with Gasteiger partial charge in [0.05, 0.1) is 4.90 Å². The number of alkyl halides is 3. The fourth-order valence-corrected chi connectivity index (χ4v) is 6.58. The van der Waals surface area contributed by atoms with Crippen LogP contribution in [0.15, 0.2) is 23.1 Å². The zero-order valence-corrected chi connectivity index (χ0v) is 17.1. The summed E-state index contributed by atoms with van der Waals surface area (Å²) >= 11 is 0. The largest absolute Gasteiger partial charge is 0.573 e. The second kappa shape index (κ2) is 7.40. The fraction of sp³-hybridized carbons (Fsp3) is 0.684. The minimum absolute atomic E-state index is 0.0153. The second-order valence-electron chi connectivity index (χ2n) is 8.31. The summed E-state index contributed by atoms with van der Waals surface area (Å²) in [5.41, 5.74) is 0.224. The molecule has 3 fully saturated rings. The molecule has 162 valence electrons. The van der Waals surface area contributed by atoms with E-state index in [1.165, 1.54) is 17.3 Å². The van der Waals surface area contributed by atoms with Gasteiger partial charge in [-0.25, -0.2) is 8.42 Å². The molecule has 6 nitrogen and oxygen atoms in total. The molecular formula is C19H25F3N2O4S.